The number of amides is 1. The maximum Gasteiger partial charge on any atom is 0.243 e. The number of aryl methyl sites for hydroxylation is 1. The Morgan fingerprint density at radius 2 is 1.85 bits per heavy atom. The third-order valence-electron chi connectivity index (χ3n) is 4.05. The molecule has 8 heteroatoms. The second-order valence-corrected chi connectivity index (χ2v) is 9.42. The van der Waals surface area contributed by atoms with E-state index in [9.17, 15) is 13.2 Å². The number of anilines is 1. The Balaban J connectivity index is 2.19. The zero-order chi connectivity index (χ0) is 20.2. The molecule has 1 amide bonds. The summed E-state index contributed by atoms with van der Waals surface area (Å²) in [5.41, 5.74) is 0.976. The lowest BCUT2D eigenvalue weighted by atomic mass is 9.87. The van der Waals surface area contributed by atoms with Gasteiger partial charge in [0, 0.05) is 12.6 Å². The fourth-order valence-electron chi connectivity index (χ4n) is 2.58. The quantitative estimate of drug-likeness (QED) is 0.779. The van der Waals surface area contributed by atoms with Gasteiger partial charge >= 0.3 is 0 Å². The van der Waals surface area contributed by atoms with Crippen molar-refractivity contribution in [2.75, 3.05) is 18.4 Å². The van der Waals surface area contributed by atoms with Crippen molar-refractivity contribution in [1.82, 2.24) is 9.46 Å². The average molecular weight is 394 g/mol. The molecule has 0 spiro atoms. The number of rotatable bonds is 7. The molecule has 0 saturated heterocycles. The van der Waals surface area contributed by atoms with E-state index < -0.39 is 15.9 Å². The van der Waals surface area contributed by atoms with E-state index in [0.717, 1.165) is 5.56 Å². The van der Waals surface area contributed by atoms with Gasteiger partial charge in [-0.25, -0.2) is 8.42 Å². The Morgan fingerprint density at radius 1 is 1.22 bits per heavy atom. The molecule has 0 bridgehead atoms. The highest BCUT2D eigenvalue weighted by molar-refractivity contribution is 7.89. The smallest absolute Gasteiger partial charge is 0.243 e. The van der Waals surface area contributed by atoms with Crippen LogP contribution >= 0.6 is 0 Å². The van der Waals surface area contributed by atoms with E-state index in [1.165, 1.54) is 4.31 Å². The van der Waals surface area contributed by atoms with Crippen molar-refractivity contribution >= 4 is 21.7 Å². The minimum absolute atomic E-state index is 0.0684. The molecular weight excluding hydrogens is 366 g/mol. The fourth-order valence-corrected chi connectivity index (χ4v) is 4.07. The summed E-state index contributed by atoms with van der Waals surface area (Å²) in [5.74, 6) is 0.356. The average Bonchev–Trinajstić information content (AvgIpc) is 2.98. The molecule has 0 aliphatic heterocycles. The van der Waals surface area contributed by atoms with Gasteiger partial charge in [0.1, 0.15) is 5.76 Å². The molecule has 0 fully saturated rings. The summed E-state index contributed by atoms with van der Waals surface area (Å²) in [7, 11) is -3.78. The summed E-state index contributed by atoms with van der Waals surface area (Å²) in [5, 5.41) is 6.24. The minimum atomic E-state index is -3.78. The third kappa shape index (κ3) is 5.40. The summed E-state index contributed by atoms with van der Waals surface area (Å²) >= 11 is 0. The van der Waals surface area contributed by atoms with E-state index in [0.29, 0.717) is 12.2 Å². The molecule has 2 aromatic rings. The van der Waals surface area contributed by atoms with Crippen molar-refractivity contribution in [3.8, 4) is 0 Å². The van der Waals surface area contributed by atoms with E-state index in [-0.39, 0.29) is 29.2 Å². The summed E-state index contributed by atoms with van der Waals surface area (Å²) in [4.78, 5) is 12.4. The number of carbonyl (C=O) groups is 1. The molecule has 27 heavy (non-hydrogen) atoms. The molecular formula is C19H27N3O4S. The molecule has 148 valence electrons. The lowest BCUT2D eigenvalue weighted by Crippen LogP contribution is -2.38. The van der Waals surface area contributed by atoms with Crippen LogP contribution < -0.4 is 5.32 Å². The predicted octanol–water partition coefficient (Wildman–Crippen LogP) is 3.32. The van der Waals surface area contributed by atoms with Crippen LogP contribution in [0.25, 0.3) is 0 Å². The van der Waals surface area contributed by atoms with Crippen LogP contribution in [0.3, 0.4) is 0 Å². The second kappa shape index (κ2) is 8.22. The monoisotopic (exact) mass is 393 g/mol. The van der Waals surface area contributed by atoms with E-state index in [4.69, 9.17) is 4.52 Å². The normalized spacial score (nSPS) is 12.4. The van der Waals surface area contributed by atoms with Crippen LogP contribution in [0.1, 0.15) is 45.4 Å². The SMILES string of the molecule is CCCN(CC(=O)Nc1cc(C)on1)S(=O)(=O)c1ccc(C(C)(C)C)cc1. The molecule has 0 radical (unpaired) electrons. The number of aromatic nitrogens is 1. The first-order valence-electron chi connectivity index (χ1n) is 8.88. The van der Waals surface area contributed by atoms with Crippen molar-refractivity contribution in [1.29, 1.82) is 0 Å². The zero-order valence-electron chi connectivity index (χ0n) is 16.4. The lowest BCUT2D eigenvalue weighted by molar-refractivity contribution is -0.116. The highest BCUT2D eigenvalue weighted by atomic mass is 32.2. The molecule has 2 rings (SSSR count). The van der Waals surface area contributed by atoms with Crippen LogP contribution in [0.15, 0.2) is 39.8 Å². The van der Waals surface area contributed by atoms with Crippen molar-refractivity contribution < 1.29 is 17.7 Å². The van der Waals surface area contributed by atoms with Crippen molar-refractivity contribution in [2.45, 2.75) is 51.3 Å². The summed E-state index contributed by atoms with van der Waals surface area (Å²) in [6, 6.07) is 8.39. The van der Waals surface area contributed by atoms with Gasteiger partial charge in [0.15, 0.2) is 5.82 Å². The first-order valence-corrected chi connectivity index (χ1v) is 10.3. The predicted molar refractivity (Wildman–Crippen MR) is 104 cm³/mol. The topological polar surface area (TPSA) is 92.5 Å². The number of nitrogens with one attached hydrogen (secondary N) is 1. The van der Waals surface area contributed by atoms with Crippen molar-refractivity contribution in [3.63, 3.8) is 0 Å². The van der Waals surface area contributed by atoms with Crippen LogP contribution in [0.2, 0.25) is 0 Å². The van der Waals surface area contributed by atoms with Gasteiger partial charge in [-0.3, -0.25) is 4.79 Å². The minimum Gasteiger partial charge on any atom is -0.360 e. The van der Waals surface area contributed by atoms with Gasteiger partial charge in [0.2, 0.25) is 15.9 Å². The fraction of sp³-hybridized carbons (Fsp3) is 0.474. The van der Waals surface area contributed by atoms with E-state index in [1.54, 1.807) is 25.1 Å². The van der Waals surface area contributed by atoms with Crippen LogP contribution in [0.5, 0.6) is 0 Å². The highest BCUT2D eigenvalue weighted by Gasteiger charge is 2.27. The molecule has 1 aromatic heterocycles. The molecule has 7 nitrogen and oxygen atoms in total. The largest absolute Gasteiger partial charge is 0.360 e. The molecule has 1 aromatic carbocycles. The second-order valence-electron chi connectivity index (χ2n) is 7.48. The molecule has 0 unspecified atom stereocenters. The molecule has 0 saturated carbocycles. The zero-order valence-corrected chi connectivity index (χ0v) is 17.3. The van der Waals surface area contributed by atoms with Crippen molar-refractivity contribution in [3.05, 3.63) is 41.7 Å². The third-order valence-corrected chi connectivity index (χ3v) is 5.91. The Morgan fingerprint density at radius 3 is 2.33 bits per heavy atom. The lowest BCUT2D eigenvalue weighted by Gasteiger charge is -2.22. The highest BCUT2D eigenvalue weighted by Crippen LogP contribution is 2.24. The van der Waals surface area contributed by atoms with Gasteiger partial charge < -0.3 is 9.84 Å². The van der Waals surface area contributed by atoms with E-state index in [2.05, 4.69) is 31.2 Å². The Labute approximate surface area is 160 Å². The van der Waals surface area contributed by atoms with E-state index in [1.807, 2.05) is 19.1 Å². The summed E-state index contributed by atoms with van der Waals surface area (Å²) < 4.78 is 32.1. The van der Waals surface area contributed by atoms with Crippen LogP contribution in [0, 0.1) is 6.92 Å². The molecule has 0 aliphatic rings. The van der Waals surface area contributed by atoms with Crippen LogP contribution in [-0.4, -0.2) is 36.9 Å². The first kappa shape index (κ1) is 21.1. The molecule has 1 heterocycles. The number of hydrogen-bond acceptors (Lipinski definition) is 5. The van der Waals surface area contributed by atoms with Gasteiger partial charge in [0.05, 0.1) is 11.4 Å². The number of nitrogens with zero attached hydrogens (tertiary/aromatic N) is 2. The van der Waals surface area contributed by atoms with Gasteiger partial charge in [0.25, 0.3) is 0 Å². The molecule has 0 atom stereocenters. The van der Waals surface area contributed by atoms with Gasteiger partial charge in [-0.2, -0.15) is 4.31 Å². The van der Waals surface area contributed by atoms with Crippen LogP contribution in [0.4, 0.5) is 5.82 Å². The Hall–Kier alpha value is -2.19. The summed E-state index contributed by atoms with van der Waals surface area (Å²) in [6.45, 7) is 9.72. The number of hydrogen-bond donors (Lipinski definition) is 1. The van der Waals surface area contributed by atoms with Crippen molar-refractivity contribution in [2.24, 2.45) is 0 Å². The maximum atomic E-state index is 13.0. The molecule has 1 N–H and O–H groups in total. The van der Waals surface area contributed by atoms with Gasteiger partial charge in [-0.05, 0) is 36.5 Å². The van der Waals surface area contributed by atoms with Gasteiger partial charge in [-0.1, -0.05) is 45.0 Å². The Bertz CT molecular complexity index is 880. The van der Waals surface area contributed by atoms with E-state index >= 15 is 0 Å². The summed E-state index contributed by atoms with van der Waals surface area (Å²) in [6.07, 6.45) is 0.593. The Kier molecular flexibility index (Phi) is 6.43. The standard InChI is InChI=1S/C19H27N3O4S/c1-6-11-22(13-18(23)20-17-12-14(2)26-21-17)27(24,25)16-9-7-15(8-10-16)19(3,4)5/h7-10,12H,6,11,13H2,1-5H3,(H,20,21,23). The number of benzene rings is 1. The first-order chi connectivity index (χ1) is 12.5. The molecule has 0 aliphatic carbocycles. The van der Waals surface area contributed by atoms with Gasteiger partial charge in [-0.15, -0.1) is 0 Å². The van der Waals surface area contributed by atoms with Crippen LogP contribution in [-0.2, 0) is 20.2 Å². The maximum absolute atomic E-state index is 13.0. The number of sulfonamides is 1. The number of carbonyl (C=O) groups excluding carboxylic acids is 1.